The van der Waals surface area contributed by atoms with Crippen LogP contribution in [0.2, 0.25) is 0 Å². The summed E-state index contributed by atoms with van der Waals surface area (Å²) in [5, 5.41) is 1.18. The molecule has 0 saturated carbocycles. The Morgan fingerprint density at radius 1 is 1.22 bits per heavy atom. The normalized spacial score (nSPS) is 21.3. The number of aryl methyl sites for hydroxylation is 1. The van der Waals surface area contributed by atoms with Crippen LogP contribution in [0.4, 0.5) is 0 Å². The van der Waals surface area contributed by atoms with Crippen LogP contribution in [-0.4, -0.2) is 56.8 Å². The molecule has 0 unspecified atom stereocenters. The number of ether oxygens (including phenoxy) is 1. The molecular formula is C17H21N5O. The van der Waals surface area contributed by atoms with Gasteiger partial charge >= 0.3 is 0 Å². The molecule has 2 saturated heterocycles. The van der Waals surface area contributed by atoms with Crippen molar-refractivity contribution >= 4 is 22.1 Å². The van der Waals surface area contributed by atoms with Gasteiger partial charge in [0.15, 0.2) is 0 Å². The summed E-state index contributed by atoms with van der Waals surface area (Å²) in [6.07, 6.45) is 6.20. The number of aromatic nitrogens is 4. The van der Waals surface area contributed by atoms with E-state index in [1.54, 1.807) is 0 Å². The van der Waals surface area contributed by atoms with Gasteiger partial charge in [-0.15, -0.1) is 0 Å². The highest BCUT2D eigenvalue weighted by Crippen LogP contribution is 2.32. The fourth-order valence-corrected chi connectivity index (χ4v) is 4.10. The van der Waals surface area contributed by atoms with Gasteiger partial charge in [0.25, 0.3) is 0 Å². The average molecular weight is 311 g/mol. The Hall–Kier alpha value is -1.92. The molecule has 0 aromatic carbocycles. The lowest BCUT2D eigenvalue weighted by atomic mass is 10.0. The van der Waals surface area contributed by atoms with E-state index in [-0.39, 0.29) is 0 Å². The Labute approximate surface area is 134 Å². The number of fused-ring (bicyclic) bond motifs is 3. The van der Waals surface area contributed by atoms with Crippen LogP contribution >= 0.6 is 0 Å². The van der Waals surface area contributed by atoms with Gasteiger partial charge < -0.3 is 14.3 Å². The van der Waals surface area contributed by atoms with Gasteiger partial charge in [0.05, 0.1) is 31.0 Å². The van der Waals surface area contributed by atoms with Crippen LogP contribution in [0.3, 0.4) is 0 Å². The first-order chi connectivity index (χ1) is 11.3. The predicted molar refractivity (Wildman–Crippen MR) is 88.6 cm³/mol. The van der Waals surface area contributed by atoms with Crippen LogP contribution in [0, 0.1) is 6.92 Å². The summed E-state index contributed by atoms with van der Waals surface area (Å²) in [7, 11) is 0. The van der Waals surface area contributed by atoms with Crippen molar-refractivity contribution in [3.05, 3.63) is 24.3 Å². The average Bonchev–Trinajstić information content (AvgIpc) is 3.09. The Morgan fingerprint density at radius 2 is 2.04 bits per heavy atom. The highest BCUT2D eigenvalue weighted by Gasteiger charge is 2.31. The molecule has 0 atom stereocenters. The standard InChI is InChI=1S/C17H21N5O/c1-11-20-15-8-19-17-14(2-5-18-17)16(15)22(11)12-3-6-21(7-4-12)13-9-23-10-13/h2,5,8,12-13H,3-4,6-7,9-10H2,1H3,(H,18,19). The minimum absolute atomic E-state index is 0.526. The maximum atomic E-state index is 5.34. The fourth-order valence-electron chi connectivity index (χ4n) is 4.10. The van der Waals surface area contributed by atoms with Crippen molar-refractivity contribution in [2.75, 3.05) is 26.3 Å². The molecule has 0 spiro atoms. The van der Waals surface area contributed by atoms with E-state index >= 15 is 0 Å². The number of hydrogen-bond acceptors (Lipinski definition) is 4. The number of rotatable bonds is 2. The van der Waals surface area contributed by atoms with Crippen LogP contribution in [0.25, 0.3) is 22.1 Å². The van der Waals surface area contributed by atoms with E-state index in [9.17, 15) is 0 Å². The van der Waals surface area contributed by atoms with Gasteiger partial charge in [-0.1, -0.05) is 0 Å². The summed E-state index contributed by atoms with van der Waals surface area (Å²) in [6.45, 7) is 6.24. The quantitative estimate of drug-likeness (QED) is 0.788. The summed E-state index contributed by atoms with van der Waals surface area (Å²) in [4.78, 5) is 15.0. The lowest BCUT2D eigenvalue weighted by molar-refractivity contribution is -0.0730. The van der Waals surface area contributed by atoms with Crippen molar-refractivity contribution in [3.8, 4) is 0 Å². The van der Waals surface area contributed by atoms with E-state index in [4.69, 9.17) is 9.72 Å². The van der Waals surface area contributed by atoms with Crippen LogP contribution in [0.1, 0.15) is 24.7 Å². The molecule has 0 amide bonds. The minimum Gasteiger partial charge on any atom is -0.378 e. The predicted octanol–water partition coefficient (Wildman–Crippen LogP) is 2.26. The number of nitrogens with zero attached hydrogens (tertiary/aromatic N) is 4. The van der Waals surface area contributed by atoms with Crippen LogP contribution in [-0.2, 0) is 4.74 Å². The number of nitrogens with one attached hydrogen (secondary N) is 1. The molecule has 23 heavy (non-hydrogen) atoms. The van der Waals surface area contributed by atoms with Crippen LogP contribution < -0.4 is 0 Å². The second-order valence-corrected chi connectivity index (χ2v) is 6.72. The van der Waals surface area contributed by atoms with Crippen molar-refractivity contribution < 1.29 is 4.74 Å². The topological polar surface area (TPSA) is 59.0 Å². The highest BCUT2D eigenvalue weighted by atomic mass is 16.5. The van der Waals surface area contributed by atoms with Crippen LogP contribution in [0.15, 0.2) is 18.5 Å². The Bertz CT molecular complexity index is 854. The van der Waals surface area contributed by atoms with E-state index < -0.39 is 0 Å². The van der Waals surface area contributed by atoms with E-state index in [0.717, 1.165) is 43.3 Å². The van der Waals surface area contributed by atoms with Crippen LogP contribution in [0.5, 0.6) is 0 Å². The highest BCUT2D eigenvalue weighted by molar-refractivity contribution is 6.01. The van der Waals surface area contributed by atoms with Gasteiger partial charge in [0.2, 0.25) is 0 Å². The molecule has 5 heterocycles. The minimum atomic E-state index is 0.526. The molecule has 2 aliphatic heterocycles. The van der Waals surface area contributed by atoms with Crippen molar-refractivity contribution in [3.63, 3.8) is 0 Å². The number of likely N-dealkylation sites (tertiary alicyclic amines) is 1. The summed E-state index contributed by atoms with van der Waals surface area (Å²) in [6, 6.07) is 3.29. The number of pyridine rings is 1. The first-order valence-corrected chi connectivity index (χ1v) is 8.43. The number of imidazole rings is 1. The molecule has 1 N–H and O–H groups in total. The first-order valence-electron chi connectivity index (χ1n) is 8.43. The number of H-pyrrole nitrogens is 1. The largest absolute Gasteiger partial charge is 0.378 e. The zero-order valence-electron chi connectivity index (χ0n) is 13.3. The number of piperidine rings is 1. The fraction of sp³-hybridized carbons (Fsp3) is 0.529. The van der Waals surface area contributed by atoms with Gasteiger partial charge in [0.1, 0.15) is 17.0 Å². The van der Waals surface area contributed by atoms with Crippen molar-refractivity contribution in [1.82, 2.24) is 24.4 Å². The maximum Gasteiger partial charge on any atom is 0.139 e. The molecule has 6 heteroatoms. The third-order valence-electron chi connectivity index (χ3n) is 5.41. The molecule has 0 bridgehead atoms. The zero-order valence-corrected chi connectivity index (χ0v) is 13.3. The molecular weight excluding hydrogens is 290 g/mol. The SMILES string of the molecule is Cc1nc2cnc3[nH]ccc3c2n1C1CCN(C2COC2)CC1. The van der Waals surface area contributed by atoms with Gasteiger partial charge in [-0.05, 0) is 25.8 Å². The third kappa shape index (κ3) is 2.01. The second-order valence-electron chi connectivity index (χ2n) is 6.72. The van der Waals surface area contributed by atoms with Crippen molar-refractivity contribution in [2.45, 2.75) is 31.8 Å². The second kappa shape index (κ2) is 5.04. The molecule has 120 valence electrons. The van der Waals surface area contributed by atoms with Gasteiger partial charge in [-0.25, -0.2) is 9.97 Å². The lowest BCUT2D eigenvalue weighted by Gasteiger charge is -2.41. The molecule has 6 nitrogen and oxygen atoms in total. The molecule has 0 radical (unpaired) electrons. The monoisotopic (exact) mass is 311 g/mol. The van der Waals surface area contributed by atoms with E-state index in [0.29, 0.717) is 12.1 Å². The van der Waals surface area contributed by atoms with Gasteiger partial charge in [-0.3, -0.25) is 4.90 Å². The van der Waals surface area contributed by atoms with E-state index in [2.05, 4.69) is 32.4 Å². The number of aromatic amines is 1. The molecule has 5 rings (SSSR count). The third-order valence-corrected chi connectivity index (χ3v) is 5.41. The summed E-state index contributed by atoms with van der Waals surface area (Å²) in [5.74, 6) is 1.10. The summed E-state index contributed by atoms with van der Waals surface area (Å²) >= 11 is 0. The maximum absolute atomic E-state index is 5.34. The first kappa shape index (κ1) is 13.5. The van der Waals surface area contributed by atoms with E-state index in [1.165, 1.54) is 23.7 Å². The summed E-state index contributed by atoms with van der Waals surface area (Å²) in [5.41, 5.74) is 3.19. The molecule has 0 aliphatic carbocycles. The lowest BCUT2D eigenvalue weighted by Crippen LogP contribution is -2.51. The van der Waals surface area contributed by atoms with E-state index in [1.807, 2.05) is 12.4 Å². The van der Waals surface area contributed by atoms with Gasteiger partial charge in [0, 0.05) is 30.7 Å². The van der Waals surface area contributed by atoms with Crippen molar-refractivity contribution in [2.24, 2.45) is 0 Å². The molecule has 3 aromatic rings. The van der Waals surface area contributed by atoms with Crippen molar-refractivity contribution in [1.29, 1.82) is 0 Å². The molecule has 3 aromatic heterocycles. The summed E-state index contributed by atoms with van der Waals surface area (Å²) < 4.78 is 7.78. The Balaban J connectivity index is 1.52. The van der Waals surface area contributed by atoms with Gasteiger partial charge in [-0.2, -0.15) is 0 Å². The number of hydrogen-bond donors (Lipinski definition) is 1. The zero-order chi connectivity index (χ0) is 15.4. The smallest absolute Gasteiger partial charge is 0.139 e. The molecule has 2 aliphatic rings. The molecule has 2 fully saturated rings. The Kier molecular flexibility index (Phi) is 2.96. The Morgan fingerprint density at radius 3 is 2.78 bits per heavy atom.